The monoisotopic (exact) mass is 412 g/mol. The molecule has 4 rings (SSSR count). The van der Waals surface area contributed by atoms with E-state index in [9.17, 15) is 4.79 Å². The van der Waals surface area contributed by atoms with E-state index >= 15 is 0 Å². The minimum Gasteiger partial charge on any atom is -0.495 e. The fourth-order valence-corrected chi connectivity index (χ4v) is 4.27. The number of aryl methyl sites for hydroxylation is 1. The van der Waals surface area contributed by atoms with Crippen LogP contribution in [0.1, 0.15) is 18.1 Å². The summed E-state index contributed by atoms with van der Waals surface area (Å²) in [5.41, 5.74) is 3.38. The summed E-state index contributed by atoms with van der Waals surface area (Å²) in [5.74, 6) is 0.897. The minimum atomic E-state index is -0.315. The van der Waals surface area contributed by atoms with Crippen molar-refractivity contribution in [3.63, 3.8) is 0 Å². The van der Waals surface area contributed by atoms with Gasteiger partial charge in [0.15, 0.2) is 0 Å². The Balaban J connectivity index is 1.53. The van der Waals surface area contributed by atoms with Gasteiger partial charge < -0.3 is 14.1 Å². The molecule has 29 heavy (non-hydrogen) atoms. The van der Waals surface area contributed by atoms with Gasteiger partial charge in [-0.2, -0.15) is 0 Å². The van der Waals surface area contributed by atoms with Gasteiger partial charge in [-0.15, -0.1) is 0 Å². The van der Waals surface area contributed by atoms with E-state index in [1.54, 1.807) is 13.2 Å². The molecular formula is C23H25ClN2O3. The molecule has 5 nitrogen and oxygen atoms in total. The molecule has 0 radical (unpaired) electrons. The van der Waals surface area contributed by atoms with Crippen molar-refractivity contribution in [3.8, 4) is 5.75 Å². The second-order valence-electron chi connectivity index (χ2n) is 7.32. The third kappa shape index (κ3) is 4.11. The average molecular weight is 413 g/mol. The van der Waals surface area contributed by atoms with E-state index in [-0.39, 0.29) is 5.63 Å². The fraction of sp³-hybridized carbons (Fsp3) is 0.348. The maximum atomic E-state index is 12.1. The van der Waals surface area contributed by atoms with Gasteiger partial charge >= 0.3 is 5.63 Å². The summed E-state index contributed by atoms with van der Waals surface area (Å²) in [5, 5.41) is 1.63. The molecule has 1 fully saturated rings. The number of para-hydroxylation sites is 2. The van der Waals surface area contributed by atoms with Crippen LogP contribution in [-0.2, 0) is 13.0 Å². The lowest BCUT2D eigenvalue weighted by atomic mass is 10.1. The Labute approximate surface area is 175 Å². The lowest BCUT2D eigenvalue weighted by molar-refractivity contribution is 0.249. The summed E-state index contributed by atoms with van der Waals surface area (Å²) in [6.07, 6.45) is 0.799. The van der Waals surface area contributed by atoms with Crippen LogP contribution in [0, 0.1) is 0 Å². The van der Waals surface area contributed by atoms with Crippen molar-refractivity contribution in [1.29, 1.82) is 0 Å². The highest BCUT2D eigenvalue weighted by Gasteiger charge is 2.21. The summed E-state index contributed by atoms with van der Waals surface area (Å²) >= 11 is 6.42. The molecule has 0 bridgehead atoms. The van der Waals surface area contributed by atoms with Crippen molar-refractivity contribution in [2.75, 3.05) is 38.2 Å². The number of benzene rings is 2. The molecule has 3 aromatic rings. The van der Waals surface area contributed by atoms with Crippen molar-refractivity contribution in [3.05, 3.63) is 69.0 Å². The van der Waals surface area contributed by atoms with Gasteiger partial charge in [0.05, 0.1) is 12.8 Å². The molecule has 0 amide bonds. The first-order valence-electron chi connectivity index (χ1n) is 9.94. The molecule has 1 aromatic heterocycles. The van der Waals surface area contributed by atoms with Crippen molar-refractivity contribution >= 4 is 28.3 Å². The Morgan fingerprint density at radius 1 is 1.07 bits per heavy atom. The molecule has 1 saturated heterocycles. The third-order valence-corrected chi connectivity index (χ3v) is 5.92. The van der Waals surface area contributed by atoms with Crippen molar-refractivity contribution in [2.24, 2.45) is 0 Å². The number of hydrogen-bond acceptors (Lipinski definition) is 5. The molecule has 6 heteroatoms. The highest BCUT2D eigenvalue weighted by molar-refractivity contribution is 6.32. The molecule has 0 unspecified atom stereocenters. The van der Waals surface area contributed by atoms with Crippen LogP contribution >= 0.6 is 11.6 Å². The van der Waals surface area contributed by atoms with Crippen LogP contribution in [0.25, 0.3) is 11.0 Å². The Kier molecular flexibility index (Phi) is 5.79. The lowest BCUT2D eigenvalue weighted by Crippen LogP contribution is -2.46. The zero-order valence-corrected chi connectivity index (χ0v) is 17.5. The number of hydrogen-bond donors (Lipinski definition) is 0. The molecule has 0 spiro atoms. The van der Waals surface area contributed by atoms with Gasteiger partial charge in [0.1, 0.15) is 11.3 Å². The van der Waals surface area contributed by atoms with Crippen LogP contribution in [-0.4, -0.2) is 38.2 Å². The molecule has 0 saturated carbocycles. The third-order valence-electron chi connectivity index (χ3n) is 5.57. The first kappa shape index (κ1) is 19.8. The standard InChI is InChI=1S/C23H25ClN2O3/c1-3-16-12-22-18(14-19(16)24)17(13-23(27)29-22)15-25-8-10-26(11-9-25)20-6-4-5-7-21(20)28-2/h4-7,12-14H,3,8-11,15H2,1-2H3. The molecule has 2 aromatic carbocycles. The number of rotatable bonds is 5. The summed E-state index contributed by atoms with van der Waals surface area (Å²) in [4.78, 5) is 16.8. The second kappa shape index (κ2) is 8.47. The molecular weight excluding hydrogens is 388 g/mol. The van der Waals surface area contributed by atoms with E-state index in [1.165, 1.54) is 0 Å². The molecule has 1 aliphatic rings. The maximum absolute atomic E-state index is 12.1. The topological polar surface area (TPSA) is 45.9 Å². The van der Waals surface area contributed by atoms with Crippen molar-refractivity contribution in [1.82, 2.24) is 4.90 Å². The lowest BCUT2D eigenvalue weighted by Gasteiger charge is -2.36. The van der Waals surface area contributed by atoms with Crippen LogP contribution in [0.2, 0.25) is 5.02 Å². The molecule has 1 aliphatic heterocycles. The Hall–Kier alpha value is -2.50. The predicted octanol–water partition coefficient (Wildman–Crippen LogP) is 4.34. The zero-order valence-electron chi connectivity index (χ0n) is 16.8. The maximum Gasteiger partial charge on any atom is 0.336 e. The molecule has 152 valence electrons. The Morgan fingerprint density at radius 3 is 2.55 bits per heavy atom. The van der Waals surface area contributed by atoms with E-state index in [1.807, 2.05) is 37.3 Å². The van der Waals surface area contributed by atoms with Crippen LogP contribution in [0.15, 0.2) is 51.7 Å². The van der Waals surface area contributed by atoms with Crippen LogP contribution < -0.4 is 15.3 Å². The summed E-state index contributed by atoms with van der Waals surface area (Å²) in [6, 6.07) is 13.5. The summed E-state index contributed by atoms with van der Waals surface area (Å²) in [7, 11) is 1.70. The Bertz CT molecular complexity index is 1070. The number of fused-ring (bicyclic) bond motifs is 1. The van der Waals surface area contributed by atoms with Crippen LogP contribution in [0.3, 0.4) is 0 Å². The van der Waals surface area contributed by atoms with Crippen molar-refractivity contribution in [2.45, 2.75) is 19.9 Å². The van der Waals surface area contributed by atoms with Gasteiger partial charge in [-0.05, 0) is 41.8 Å². The quantitative estimate of drug-likeness (QED) is 0.583. The van der Waals surface area contributed by atoms with Gasteiger partial charge in [-0.3, -0.25) is 4.90 Å². The number of methoxy groups -OCH3 is 1. The average Bonchev–Trinajstić information content (AvgIpc) is 2.74. The largest absolute Gasteiger partial charge is 0.495 e. The summed E-state index contributed by atoms with van der Waals surface area (Å²) < 4.78 is 10.9. The van der Waals surface area contributed by atoms with E-state index in [4.69, 9.17) is 20.8 Å². The highest BCUT2D eigenvalue weighted by atomic mass is 35.5. The predicted molar refractivity (Wildman–Crippen MR) is 117 cm³/mol. The second-order valence-corrected chi connectivity index (χ2v) is 7.73. The molecule has 0 aliphatic carbocycles. The van der Waals surface area contributed by atoms with E-state index in [2.05, 4.69) is 15.9 Å². The van der Waals surface area contributed by atoms with E-state index in [0.717, 1.165) is 65.6 Å². The van der Waals surface area contributed by atoms with E-state index in [0.29, 0.717) is 12.1 Å². The van der Waals surface area contributed by atoms with E-state index < -0.39 is 0 Å². The first-order valence-corrected chi connectivity index (χ1v) is 10.3. The number of ether oxygens (including phenoxy) is 1. The first-order chi connectivity index (χ1) is 14.1. The smallest absolute Gasteiger partial charge is 0.336 e. The number of piperazine rings is 1. The zero-order chi connectivity index (χ0) is 20.4. The SMILES string of the molecule is CCc1cc2oc(=O)cc(CN3CCN(c4ccccc4OC)CC3)c2cc1Cl. The molecule has 0 N–H and O–H groups in total. The summed E-state index contributed by atoms with van der Waals surface area (Å²) in [6.45, 7) is 6.35. The van der Waals surface area contributed by atoms with Crippen LogP contribution in [0.4, 0.5) is 5.69 Å². The fourth-order valence-electron chi connectivity index (χ4n) is 3.97. The number of halogens is 1. The minimum absolute atomic E-state index is 0.315. The van der Waals surface area contributed by atoms with Gasteiger partial charge in [0.2, 0.25) is 0 Å². The normalized spacial score (nSPS) is 15.1. The molecule has 2 heterocycles. The van der Waals surface area contributed by atoms with Gasteiger partial charge in [-0.1, -0.05) is 30.7 Å². The molecule has 0 atom stereocenters. The van der Waals surface area contributed by atoms with Gasteiger partial charge in [-0.25, -0.2) is 4.79 Å². The van der Waals surface area contributed by atoms with Gasteiger partial charge in [0, 0.05) is 49.2 Å². The number of anilines is 1. The van der Waals surface area contributed by atoms with Gasteiger partial charge in [0.25, 0.3) is 0 Å². The van der Waals surface area contributed by atoms with Crippen molar-refractivity contribution < 1.29 is 9.15 Å². The Morgan fingerprint density at radius 2 is 1.83 bits per heavy atom. The highest BCUT2D eigenvalue weighted by Crippen LogP contribution is 2.30. The van der Waals surface area contributed by atoms with Crippen LogP contribution in [0.5, 0.6) is 5.75 Å². The number of nitrogens with zero attached hydrogens (tertiary/aromatic N) is 2.